The summed E-state index contributed by atoms with van der Waals surface area (Å²) in [4.78, 5) is 22.4. The van der Waals surface area contributed by atoms with E-state index in [2.05, 4.69) is 10.4 Å². The number of nitrogens with one attached hydrogen (secondary N) is 1. The smallest absolute Gasteiger partial charge is 0.307 e. The van der Waals surface area contributed by atoms with Crippen LogP contribution in [0.4, 0.5) is 5.69 Å². The minimum Gasteiger partial charge on any atom is -0.493 e. The van der Waals surface area contributed by atoms with Gasteiger partial charge in [-0.3, -0.25) is 19.6 Å². The van der Waals surface area contributed by atoms with Gasteiger partial charge >= 0.3 is 5.69 Å². The Balaban J connectivity index is 1.53. The molecule has 1 amide bonds. The summed E-state index contributed by atoms with van der Waals surface area (Å²) in [6.45, 7) is 0.600. The fourth-order valence-electron chi connectivity index (χ4n) is 2.72. The van der Waals surface area contributed by atoms with E-state index in [1.165, 1.54) is 10.9 Å². The maximum absolute atomic E-state index is 12.3. The zero-order valence-corrected chi connectivity index (χ0v) is 16.0. The van der Waals surface area contributed by atoms with E-state index in [0.29, 0.717) is 30.2 Å². The van der Waals surface area contributed by atoms with Crippen molar-refractivity contribution in [2.75, 3.05) is 20.8 Å². The molecule has 0 saturated carbocycles. The molecule has 10 heteroatoms. The molecule has 0 saturated heterocycles. The third-order valence-electron chi connectivity index (χ3n) is 4.18. The van der Waals surface area contributed by atoms with Crippen molar-refractivity contribution in [2.24, 2.45) is 0 Å². The van der Waals surface area contributed by atoms with Gasteiger partial charge in [0.1, 0.15) is 18.2 Å². The first-order chi connectivity index (χ1) is 14.0. The second kappa shape index (κ2) is 8.91. The molecule has 1 aromatic carbocycles. The highest BCUT2D eigenvalue weighted by Crippen LogP contribution is 2.27. The number of hydrogen-bond acceptors (Lipinski definition) is 7. The van der Waals surface area contributed by atoms with E-state index in [0.717, 1.165) is 11.8 Å². The lowest BCUT2D eigenvalue weighted by Gasteiger charge is -2.09. The highest BCUT2D eigenvalue weighted by molar-refractivity contribution is 5.91. The second-order valence-corrected chi connectivity index (χ2v) is 6.11. The normalized spacial score (nSPS) is 10.6. The molecule has 0 fully saturated rings. The van der Waals surface area contributed by atoms with Gasteiger partial charge in [-0.25, -0.2) is 0 Å². The molecule has 0 aliphatic carbocycles. The monoisotopic (exact) mass is 400 g/mol. The lowest BCUT2D eigenvalue weighted by Crippen LogP contribution is -2.25. The number of nitro groups is 1. The van der Waals surface area contributed by atoms with Crippen LogP contribution in [0.15, 0.2) is 47.1 Å². The Morgan fingerprint density at radius 2 is 2.03 bits per heavy atom. The molecular weight excluding hydrogens is 380 g/mol. The number of carbonyl (C=O) groups excluding carboxylic acids is 1. The van der Waals surface area contributed by atoms with Crippen LogP contribution in [-0.4, -0.2) is 41.4 Å². The lowest BCUT2D eigenvalue weighted by atomic mass is 10.1. The predicted molar refractivity (Wildman–Crippen MR) is 102 cm³/mol. The number of furan rings is 1. The predicted octanol–water partition coefficient (Wildman–Crippen LogP) is 2.42. The second-order valence-electron chi connectivity index (χ2n) is 6.11. The Bertz CT molecular complexity index is 1010. The molecule has 3 aromatic rings. The van der Waals surface area contributed by atoms with Crippen LogP contribution in [0.2, 0.25) is 0 Å². The van der Waals surface area contributed by atoms with E-state index in [1.54, 1.807) is 26.4 Å². The van der Waals surface area contributed by atoms with E-state index >= 15 is 0 Å². The maximum atomic E-state index is 12.3. The van der Waals surface area contributed by atoms with Gasteiger partial charge in [-0.2, -0.15) is 5.10 Å². The maximum Gasteiger partial charge on any atom is 0.307 e. The van der Waals surface area contributed by atoms with Crippen molar-refractivity contribution in [3.05, 3.63) is 69.9 Å². The van der Waals surface area contributed by atoms with E-state index < -0.39 is 4.92 Å². The molecule has 0 aliphatic heterocycles. The number of hydrogen-bond donors (Lipinski definition) is 1. The van der Waals surface area contributed by atoms with Crippen LogP contribution >= 0.6 is 0 Å². The molecule has 0 atom stereocenters. The summed E-state index contributed by atoms with van der Waals surface area (Å²) in [5.74, 6) is 1.56. The Morgan fingerprint density at radius 3 is 2.72 bits per heavy atom. The molecule has 0 spiro atoms. The van der Waals surface area contributed by atoms with Gasteiger partial charge < -0.3 is 19.2 Å². The van der Waals surface area contributed by atoms with E-state index in [4.69, 9.17) is 13.9 Å². The van der Waals surface area contributed by atoms with Gasteiger partial charge in [0.05, 0.1) is 25.7 Å². The minimum absolute atomic E-state index is 0.107. The van der Waals surface area contributed by atoms with Crippen LogP contribution in [-0.2, 0) is 13.0 Å². The molecule has 29 heavy (non-hydrogen) atoms. The van der Waals surface area contributed by atoms with Crippen molar-refractivity contribution in [3.63, 3.8) is 0 Å². The number of amides is 1. The molecule has 152 valence electrons. The van der Waals surface area contributed by atoms with Gasteiger partial charge in [-0.1, -0.05) is 6.07 Å². The van der Waals surface area contributed by atoms with Crippen molar-refractivity contribution in [2.45, 2.75) is 13.0 Å². The Morgan fingerprint density at radius 1 is 1.24 bits per heavy atom. The fraction of sp³-hybridized carbons (Fsp3) is 0.263. The summed E-state index contributed by atoms with van der Waals surface area (Å²) in [6, 6.07) is 8.77. The summed E-state index contributed by atoms with van der Waals surface area (Å²) in [6.07, 6.45) is 3.06. The third kappa shape index (κ3) is 4.92. The van der Waals surface area contributed by atoms with E-state index in [1.807, 2.05) is 18.2 Å². The number of aromatic nitrogens is 2. The summed E-state index contributed by atoms with van der Waals surface area (Å²) >= 11 is 0. The molecule has 0 aliphatic rings. The van der Waals surface area contributed by atoms with Crippen LogP contribution < -0.4 is 14.8 Å². The number of ether oxygens (including phenoxy) is 2. The summed E-state index contributed by atoms with van der Waals surface area (Å²) in [5, 5.41) is 17.4. The molecule has 3 rings (SSSR count). The molecule has 0 unspecified atom stereocenters. The molecule has 2 aromatic heterocycles. The zero-order valence-electron chi connectivity index (χ0n) is 16.0. The van der Waals surface area contributed by atoms with Crippen LogP contribution in [0.25, 0.3) is 0 Å². The standard InChI is InChI=1S/C19H20N4O6/c1-27-16-5-3-13(9-18(16)28-2)7-8-20-19(24)17-6-4-15(29-17)12-22-11-14(10-21-22)23(25)26/h3-6,9-11H,7-8,12H2,1-2H3,(H,20,24). The van der Waals surface area contributed by atoms with Gasteiger partial charge in [0.25, 0.3) is 5.91 Å². The number of carbonyl (C=O) groups is 1. The first kappa shape index (κ1) is 19.9. The van der Waals surface area contributed by atoms with Gasteiger partial charge in [0.15, 0.2) is 17.3 Å². The number of nitrogens with zero attached hydrogens (tertiary/aromatic N) is 3. The summed E-state index contributed by atoms with van der Waals surface area (Å²) in [7, 11) is 3.14. The molecular formula is C19H20N4O6. The number of rotatable bonds is 9. The van der Waals surface area contributed by atoms with Crippen LogP contribution in [0.5, 0.6) is 11.5 Å². The highest BCUT2D eigenvalue weighted by atomic mass is 16.6. The minimum atomic E-state index is -0.525. The topological polar surface area (TPSA) is 122 Å². The lowest BCUT2D eigenvalue weighted by molar-refractivity contribution is -0.385. The third-order valence-corrected chi connectivity index (χ3v) is 4.18. The van der Waals surface area contributed by atoms with Crippen LogP contribution in [0.1, 0.15) is 21.9 Å². The molecule has 10 nitrogen and oxygen atoms in total. The first-order valence-corrected chi connectivity index (χ1v) is 8.75. The largest absolute Gasteiger partial charge is 0.493 e. The number of methoxy groups -OCH3 is 2. The molecule has 0 bridgehead atoms. The SMILES string of the molecule is COc1ccc(CCNC(=O)c2ccc(Cn3cc([N+](=O)[O-])cn3)o2)cc1OC. The van der Waals surface area contributed by atoms with Gasteiger partial charge in [-0.05, 0) is 36.2 Å². The van der Waals surface area contributed by atoms with Crippen molar-refractivity contribution in [1.29, 1.82) is 0 Å². The zero-order chi connectivity index (χ0) is 20.8. The van der Waals surface area contributed by atoms with Crippen LogP contribution in [0, 0.1) is 10.1 Å². The first-order valence-electron chi connectivity index (χ1n) is 8.75. The average Bonchev–Trinajstić information content (AvgIpc) is 3.38. The van der Waals surface area contributed by atoms with Gasteiger partial charge in [0.2, 0.25) is 0 Å². The molecule has 2 heterocycles. The van der Waals surface area contributed by atoms with E-state index in [-0.39, 0.29) is 23.9 Å². The molecule has 0 radical (unpaired) electrons. The summed E-state index contributed by atoms with van der Waals surface area (Å²) < 4.78 is 17.4. The van der Waals surface area contributed by atoms with Crippen molar-refractivity contribution >= 4 is 11.6 Å². The van der Waals surface area contributed by atoms with Crippen molar-refractivity contribution < 1.29 is 23.6 Å². The Kier molecular flexibility index (Phi) is 6.12. The Labute approximate surface area is 166 Å². The van der Waals surface area contributed by atoms with Gasteiger partial charge in [-0.15, -0.1) is 0 Å². The Hall–Kier alpha value is -3.82. The molecule has 1 N–H and O–H groups in total. The van der Waals surface area contributed by atoms with Crippen LogP contribution in [0.3, 0.4) is 0 Å². The van der Waals surface area contributed by atoms with Crippen molar-refractivity contribution in [3.8, 4) is 11.5 Å². The average molecular weight is 400 g/mol. The number of benzene rings is 1. The quantitative estimate of drug-likeness (QED) is 0.432. The van der Waals surface area contributed by atoms with Gasteiger partial charge in [0, 0.05) is 6.54 Å². The fourth-order valence-corrected chi connectivity index (χ4v) is 2.72. The summed E-state index contributed by atoms with van der Waals surface area (Å²) in [5.41, 5.74) is 0.882. The van der Waals surface area contributed by atoms with E-state index in [9.17, 15) is 14.9 Å². The highest BCUT2D eigenvalue weighted by Gasteiger charge is 2.14. The van der Waals surface area contributed by atoms with Crippen molar-refractivity contribution in [1.82, 2.24) is 15.1 Å².